The number of rotatable bonds is 4. The largest absolute Gasteiger partial charge is 0.497 e. The van der Waals surface area contributed by atoms with Crippen LogP contribution < -0.4 is 15.4 Å². The van der Waals surface area contributed by atoms with Crippen molar-refractivity contribution in [3.8, 4) is 11.8 Å². The number of anilines is 1. The summed E-state index contributed by atoms with van der Waals surface area (Å²) in [5.74, 6) is 0.796. The molecule has 0 spiro atoms. The van der Waals surface area contributed by atoms with E-state index in [1.807, 2.05) is 18.2 Å². The maximum Gasteiger partial charge on any atom is 0.121 e. The molecule has 4 nitrogen and oxygen atoms in total. The van der Waals surface area contributed by atoms with Crippen LogP contribution in [-0.4, -0.2) is 25.7 Å². The molecule has 0 aromatic heterocycles. The topological polar surface area (TPSA) is 62.3 Å². The number of nitriles is 1. The first-order valence-electron chi connectivity index (χ1n) is 7.30. The van der Waals surface area contributed by atoms with Crippen LogP contribution in [0.15, 0.2) is 18.2 Å². The van der Waals surface area contributed by atoms with Crippen molar-refractivity contribution in [3.63, 3.8) is 0 Å². The van der Waals surface area contributed by atoms with Crippen molar-refractivity contribution < 1.29 is 4.74 Å². The minimum atomic E-state index is 0.339. The molecule has 1 aliphatic carbocycles. The zero-order valence-corrected chi connectivity index (χ0v) is 12.3. The minimum Gasteiger partial charge on any atom is -0.497 e. The second kappa shape index (κ2) is 6.62. The van der Waals surface area contributed by atoms with E-state index in [-0.39, 0.29) is 0 Å². The summed E-state index contributed by atoms with van der Waals surface area (Å²) in [6, 6.07) is 8.75. The second-order valence-electron chi connectivity index (χ2n) is 5.35. The number of hydrogen-bond donors (Lipinski definition) is 1. The van der Waals surface area contributed by atoms with Crippen LogP contribution in [-0.2, 0) is 0 Å². The van der Waals surface area contributed by atoms with Crippen LogP contribution in [0.1, 0.15) is 38.2 Å². The second-order valence-corrected chi connectivity index (χ2v) is 5.35. The highest BCUT2D eigenvalue weighted by Gasteiger charge is 2.25. The number of nitrogens with two attached hydrogens (primary N) is 1. The molecule has 1 aromatic rings. The van der Waals surface area contributed by atoms with E-state index in [0.717, 1.165) is 43.7 Å². The molecule has 108 valence electrons. The van der Waals surface area contributed by atoms with Crippen molar-refractivity contribution in [3.05, 3.63) is 23.8 Å². The Morgan fingerprint density at radius 3 is 2.60 bits per heavy atom. The van der Waals surface area contributed by atoms with E-state index in [9.17, 15) is 5.26 Å². The Bertz CT molecular complexity index is 487. The summed E-state index contributed by atoms with van der Waals surface area (Å²) in [5, 5.41) is 9.33. The zero-order valence-electron chi connectivity index (χ0n) is 12.3. The molecule has 1 aliphatic rings. The van der Waals surface area contributed by atoms with Gasteiger partial charge in [0.2, 0.25) is 0 Å². The third-order valence-electron chi connectivity index (χ3n) is 4.16. The van der Waals surface area contributed by atoms with Gasteiger partial charge in [0, 0.05) is 24.7 Å². The van der Waals surface area contributed by atoms with E-state index >= 15 is 0 Å². The fourth-order valence-electron chi connectivity index (χ4n) is 3.01. The third kappa shape index (κ3) is 3.05. The molecule has 1 aromatic carbocycles. The molecule has 2 rings (SSSR count). The molecule has 1 saturated carbocycles. The van der Waals surface area contributed by atoms with Crippen molar-refractivity contribution in [1.29, 1.82) is 5.26 Å². The van der Waals surface area contributed by atoms with Crippen LogP contribution in [0.2, 0.25) is 0 Å². The molecule has 20 heavy (non-hydrogen) atoms. The molecule has 0 heterocycles. The predicted octanol–water partition coefficient (Wildman–Crippen LogP) is 2.66. The van der Waals surface area contributed by atoms with Crippen LogP contribution >= 0.6 is 0 Å². The Morgan fingerprint density at radius 1 is 1.35 bits per heavy atom. The number of methoxy groups -OCH3 is 1. The van der Waals surface area contributed by atoms with Crippen LogP contribution in [0.5, 0.6) is 5.75 Å². The zero-order chi connectivity index (χ0) is 14.5. The smallest absolute Gasteiger partial charge is 0.121 e. The quantitative estimate of drug-likeness (QED) is 0.916. The van der Waals surface area contributed by atoms with Gasteiger partial charge >= 0.3 is 0 Å². The fourth-order valence-corrected chi connectivity index (χ4v) is 3.01. The van der Waals surface area contributed by atoms with Gasteiger partial charge in [-0.2, -0.15) is 5.26 Å². The molecule has 1 fully saturated rings. The van der Waals surface area contributed by atoms with Gasteiger partial charge in [0.05, 0.1) is 18.4 Å². The maximum absolute atomic E-state index is 9.33. The molecule has 0 saturated heterocycles. The molecular formula is C16H23N3O. The highest BCUT2D eigenvalue weighted by Crippen LogP contribution is 2.31. The maximum atomic E-state index is 9.33. The highest BCUT2D eigenvalue weighted by atomic mass is 16.5. The fraction of sp³-hybridized carbons (Fsp3) is 0.562. The lowest BCUT2D eigenvalue weighted by molar-refractivity contribution is 0.377. The Kier molecular flexibility index (Phi) is 4.86. The average Bonchev–Trinajstić information content (AvgIpc) is 2.49. The number of hydrogen-bond acceptors (Lipinski definition) is 4. The average molecular weight is 273 g/mol. The van der Waals surface area contributed by atoms with Gasteiger partial charge in [-0.1, -0.05) is 0 Å². The van der Waals surface area contributed by atoms with Crippen LogP contribution in [0.25, 0.3) is 0 Å². The summed E-state index contributed by atoms with van der Waals surface area (Å²) >= 11 is 0. The SMILES string of the molecule is CCN(c1cc(OC)ccc1C#N)C1CCC(N)CC1. The molecule has 0 radical (unpaired) electrons. The molecule has 0 unspecified atom stereocenters. The number of ether oxygens (including phenoxy) is 1. The lowest BCUT2D eigenvalue weighted by Crippen LogP contribution is -2.41. The van der Waals surface area contributed by atoms with E-state index < -0.39 is 0 Å². The summed E-state index contributed by atoms with van der Waals surface area (Å²) < 4.78 is 5.30. The molecule has 0 amide bonds. The van der Waals surface area contributed by atoms with Gasteiger partial charge in [-0.05, 0) is 44.7 Å². The molecular weight excluding hydrogens is 250 g/mol. The van der Waals surface area contributed by atoms with Gasteiger partial charge in [-0.3, -0.25) is 0 Å². The van der Waals surface area contributed by atoms with Crippen LogP contribution in [0.3, 0.4) is 0 Å². The van der Waals surface area contributed by atoms with Crippen molar-refractivity contribution in [1.82, 2.24) is 0 Å². The van der Waals surface area contributed by atoms with Gasteiger partial charge in [-0.15, -0.1) is 0 Å². The standard InChI is InChI=1S/C16H23N3O/c1-3-19(14-7-5-13(18)6-8-14)16-10-15(20-2)9-4-12(16)11-17/h4,9-10,13-14H,3,5-8,18H2,1-2H3. The van der Waals surface area contributed by atoms with E-state index in [1.54, 1.807) is 7.11 Å². The monoisotopic (exact) mass is 273 g/mol. The molecule has 0 aliphatic heterocycles. The van der Waals surface area contributed by atoms with Gasteiger partial charge in [0.15, 0.2) is 0 Å². The van der Waals surface area contributed by atoms with Crippen molar-refractivity contribution in [2.75, 3.05) is 18.6 Å². The summed E-state index contributed by atoms with van der Waals surface area (Å²) in [6.07, 6.45) is 4.31. The Labute approximate surface area is 121 Å². The van der Waals surface area contributed by atoms with E-state index in [0.29, 0.717) is 17.6 Å². The first-order valence-corrected chi connectivity index (χ1v) is 7.30. The van der Waals surface area contributed by atoms with Gasteiger partial charge in [0.1, 0.15) is 11.8 Å². The van der Waals surface area contributed by atoms with Crippen molar-refractivity contribution in [2.24, 2.45) is 5.73 Å². The first kappa shape index (κ1) is 14.7. The Balaban J connectivity index is 2.28. The lowest BCUT2D eigenvalue weighted by atomic mass is 9.90. The van der Waals surface area contributed by atoms with E-state index in [2.05, 4.69) is 17.9 Å². The minimum absolute atomic E-state index is 0.339. The summed E-state index contributed by atoms with van der Waals surface area (Å²) in [4.78, 5) is 2.33. The Hall–Kier alpha value is -1.73. The van der Waals surface area contributed by atoms with Crippen LogP contribution in [0.4, 0.5) is 5.69 Å². The molecule has 2 N–H and O–H groups in total. The molecule has 0 bridgehead atoms. The number of benzene rings is 1. The molecule has 0 atom stereocenters. The van der Waals surface area contributed by atoms with Crippen molar-refractivity contribution in [2.45, 2.75) is 44.7 Å². The summed E-state index contributed by atoms with van der Waals surface area (Å²) in [5.41, 5.74) is 7.68. The van der Waals surface area contributed by atoms with Crippen LogP contribution in [0, 0.1) is 11.3 Å². The third-order valence-corrected chi connectivity index (χ3v) is 4.16. The van der Waals surface area contributed by atoms with Gasteiger partial charge < -0.3 is 15.4 Å². The van der Waals surface area contributed by atoms with Gasteiger partial charge in [-0.25, -0.2) is 0 Å². The first-order chi connectivity index (χ1) is 9.69. The summed E-state index contributed by atoms with van der Waals surface area (Å²) in [7, 11) is 1.65. The Morgan fingerprint density at radius 2 is 2.05 bits per heavy atom. The summed E-state index contributed by atoms with van der Waals surface area (Å²) in [6.45, 7) is 3.02. The van der Waals surface area contributed by atoms with Crippen molar-refractivity contribution >= 4 is 5.69 Å². The molecule has 4 heteroatoms. The highest BCUT2D eigenvalue weighted by molar-refractivity contribution is 5.62. The predicted molar refractivity (Wildman–Crippen MR) is 81.0 cm³/mol. The number of nitrogens with zero attached hydrogens (tertiary/aromatic N) is 2. The normalized spacial score (nSPS) is 22.1. The van der Waals surface area contributed by atoms with Gasteiger partial charge in [0.25, 0.3) is 0 Å². The van der Waals surface area contributed by atoms with E-state index in [4.69, 9.17) is 10.5 Å². The van der Waals surface area contributed by atoms with E-state index in [1.165, 1.54) is 0 Å². The lowest BCUT2D eigenvalue weighted by Gasteiger charge is -2.37.